The Kier molecular flexibility index (Phi) is 4.25. The predicted molar refractivity (Wildman–Crippen MR) is 98.8 cm³/mol. The first-order valence-corrected chi connectivity index (χ1v) is 9.37. The normalized spacial score (nSPS) is 33.8. The van der Waals surface area contributed by atoms with E-state index in [4.69, 9.17) is 23.8 Å². The summed E-state index contributed by atoms with van der Waals surface area (Å²) in [4.78, 5) is 0. The third-order valence-corrected chi connectivity index (χ3v) is 6.30. The van der Waals surface area contributed by atoms with Gasteiger partial charge in [-0.3, -0.25) is 5.43 Å². The average molecular weight is 366 g/mol. The molecule has 4 saturated carbocycles. The molecule has 0 atom stereocenters. The number of hydrogen-bond acceptors (Lipinski definition) is 2. The van der Waals surface area contributed by atoms with Crippen molar-refractivity contribution in [3.63, 3.8) is 0 Å². The van der Waals surface area contributed by atoms with Crippen LogP contribution in [0.3, 0.4) is 0 Å². The zero-order chi connectivity index (χ0) is 16.7. The second-order valence-electron chi connectivity index (χ2n) is 7.66. The van der Waals surface area contributed by atoms with E-state index >= 15 is 0 Å². The molecule has 1 aromatic carbocycles. The summed E-state index contributed by atoms with van der Waals surface area (Å²) >= 11 is 11.4. The summed E-state index contributed by atoms with van der Waals surface area (Å²) in [6.45, 7) is 0. The maximum Gasteiger partial charge on any atom is 0.187 e. The van der Waals surface area contributed by atoms with Crippen LogP contribution in [0.5, 0.6) is 0 Å². The molecule has 0 aliphatic heterocycles. The zero-order valence-corrected chi connectivity index (χ0v) is 15.0. The Bertz CT molecular complexity index is 635. The van der Waals surface area contributed by atoms with E-state index in [1.807, 2.05) is 0 Å². The van der Waals surface area contributed by atoms with Crippen molar-refractivity contribution >= 4 is 35.1 Å². The van der Waals surface area contributed by atoms with Crippen LogP contribution < -0.4 is 10.7 Å². The Balaban J connectivity index is 1.38. The lowest BCUT2D eigenvalue weighted by Crippen LogP contribution is -2.61. The summed E-state index contributed by atoms with van der Waals surface area (Å²) in [6.07, 6.45) is 9.20. The molecule has 4 aliphatic carbocycles. The fraction of sp³-hybridized carbons (Fsp3) is 0.556. The van der Waals surface area contributed by atoms with Gasteiger partial charge in [-0.15, -0.1) is 0 Å². The van der Waals surface area contributed by atoms with Gasteiger partial charge in [0.2, 0.25) is 0 Å². The number of halogens is 2. The van der Waals surface area contributed by atoms with Crippen molar-refractivity contribution in [2.75, 3.05) is 0 Å². The largest absolute Gasteiger partial charge is 0.356 e. The van der Waals surface area contributed by atoms with Crippen LogP contribution in [0.25, 0.3) is 0 Å². The second-order valence-corrected chi connectivity index (χ2v) is 8.47. The summed E-state index contributed by atoms with van der Waals surface area (Å²) < 4.78 is 13.7. The number of rotatable bonds is 3. The molecule has 4 aliphatic rings. The van der Waals surface area contributed by atoms with Gasteiger partial charge in [0.1, 0.15) is 5.82 Å². The van der Waals surface area contributed by atoms with Crippen LogP contribution in [0.1, 0.15) is 44.1 Å². The van der Waals surface area contributed by atoms with E-state index in [0.717, 1.165) is 17.8 Å². The van der Waals surface area contributed by atoms with Gasteiger partial charge < -0.3 is 5.32 Å². The standard InChI is InChI=1S/C18H21ClFN3S/c19-15-2-1-3-16(20)14(15)10-21-23-17(24)22-18-7-11-4-12(8-18)6-13(5-11)9-18/h1-3,10-13H,4-9H2,(H2,22,23,24). The minimum atomic E-state index is -0.395. The molecule has 3 nitrogen and oxygen atoms in total. The lowest BCUT2D eigenvalue weighted by molar-refractivity contribution is -0.0101. The molecule has 0 amide bonds. The molecule has 4 bridgehead atoms. The highest BCUT2D eigenvalue weighted by Gasteiger charge is 2.51. The zero-order valence-electron chi connectivity index (χ0n) is 13.4. The predicted octanol–water partition coefficient (Wildman–Crippen LogP) is 4.25. The highest BCUT2D eigenvalue weighted by Crippen LogP contribution is 2.55. The maximum atomic E-state index is 13.7. The Morgan fingerprint density at radius 3 is 2.42 bits per heavy atom. The molecule has 0 unspecified atom stereocenters. The van der Waals surface area contributed by atoms with Crippen molar-refractivity contribution < 1.29 is 4.39 Å². The van der Waals surface area contributed by atoms with Gasteiger partial charge in [0.25, 0.3) is 0 Å². The molecular formula is C18H21ClFN3S. The van der Waals surface area contributed by atoms with Crippen LogP contribution >= 0.6 is 23.8 Å². The molecule has 0 saturated heterocycles. The van der Waals surface area contributed by atoms with E-state index in [-0.39, 0.29) is 11.1 Å². The Morgan fingerprint density at radius 2 is 1.83 bits per heavy atom. The molecule has 24 heavy (non-hydrogen) atoms. The monoisotopic (exact) mass is 365 g/mol. The molecule has 0 spiro atoms. The number of nitrogens with zero attached hydrogens (tertiary/aromatic N) is 1. The van der Waals surface area contributed by atoms with Crippen molar-refractivity contribution in [1.82, 2.24) is 10.7 Å². The van der Waals surface area contributed by atoms with Crippen molar-refractivity contribution in [2.45, 2.75) is 44.1 Å². The number of thiocarbonyl (C=S) groups is 1. The number of nitrogens with one attached hydrogen (secondary N) is 2. The van der Waals surface area contributed by atoms with Gasteiger partial charge in [0, 0.05) is 11.1 Å². The molecule has 6 heteroatoms. The Hall–Kier alpha value is -1.20. The lowest BCUT2D eigenvalue weighted by Gasteiger charge is -2.57. The fourth-order valence-corrected chi connectivity index (χ4v) is 5.80. The van der Waals surface area contributed by atoms with Gasteiger partial charge in [-0.1, -0.05) is 17.7 Å². The minimum Gasteiger partial charge on any atom is -0.356 e. The maximum absolute atomic E-state index is 13.7. The first kappa shape index (κ1) is 16.3. The van der Waals surface area contributed by atoms with Crippen LogP contribution in [0, 0.1) is 23.6 Å². The van der Waals surface area contributed by atoms with Crippen molar-refractivity contribution in [2.24, 2.45) is 22.9 Å². The van der Waals surface area contributed by atoms with E-state index in [1.54, 1.807) is 12.1 Å². The third-order valence-electron chi connectivity index (χ3n) is 5.78. The van der Waals surface area contributed by atoms with Crippen molar-refractivity contribution in [3.8, 4) is 0 Å². The highest BCUT2D eigenvalue weighted by atomic mass is 35.5. The Morgan fingerprint density at radius 1 is 1.21 bits per heavy atom. The number of hydrogen-bond donors (Lipinski definition) is 2. The molecule has 2 N–H and O–H groups in total. The number of hydrazone groups is 1. The molecule has 4 fully saturated rings. The molecule has 128 valence electrons. The minimum absolute atomic E-state index is 0.143. The van der Waals surface area contributed by atoms with E-state index in [0.29, 0.717) is 10.1 Å². The molecule has 0 aromatic heterocycles. The molecule has 1 aromatic rings. The van der Waals surface area contributed by atoms with E-state index in [1.165, 1.54) is 50.8 Å². The van der Waals surface area contributed by atoms with Crippen LogP contribution in [0.4, 0.5) is 4.39 Å². The summed E-state index contributed by atoms with van der Waals surface area (Å²) in [5, 5.41) is 8.43. The fourth-order valence-electron chi connectivity index (χ4n) is 5.32. The highest BCUT2D eigenvalue weighted by molar-refractivity contribution is 7.80. The topological polar surface area (TPSA) is 36.4 Å². The summed E-state index contributed by atoms with van der Waals surface area (Å²) in [5.74, 6) is 2.17. The lowest BCUT2D eigenvalue weighted by atomic mass is 9.53. The smallest absolute Gasteiger partial charge is 0.187 e. The van der Waals surface area contributed by atoms with Crippen LogP contribution in [-0.4, -0.2) is 16.9 Å². The number of benzene rings is 1. The van der Waals surface area contributed by atoms with Gasteiger partial charge in [0.15, 0.2) is 5.11 Å². The van der Waals surface area contributed by atoms with E-state index in [9.17, 15) is 4.39 Å². The van der Waals surface area contributed by atoms with Crippen LogP contribution in [-0.2, 0) is 0 Å². The van der Waals surface area contributed by atoms with Gasteiger partial charge in [-0.05, 0) is 80.6 Å². The van der Waals surface area contributed by atoms with Crippen molar-refractivity contribution in [1.29, 1.82) is 0 Å². The molecule has 0 radical (unpaired) electrons. The summed E-state index contributed by atoms with van der Waals surface area (Å²) in [6, 6.07) is 4.57. The summed E-state index contributed by atoms with van der Waals surface area (Å²) in [5.41, 5.74) is 3.24. The Labute approximate surface area is 152 Å². The average Bonchev–Trinajstić information content (AvgIpc) is 2.48. The molecular weight excluding hydrogens is 345 g/mol. The van der Waals surface area contributed by atoms with Crippen molar-refractivity contribution in [3.05, 3.63) is 34.6 Å². The van der Waals surface area contributed by atoms with Crippen LogP contribution in [0.15, 0.2) is 23.3 Å². The van der Waals surface area contributed by atoms with Crippen LogP contribution in [0.2, 0.25) is 5.02 Å². The molecule has 5 rings (SSSR count). The quantitative estimate of drug-likeness (QED) is 0.477. The van der Waals surface area contributed by atoms with E-state index < -0.39 is 5.82 Å². The van der Waals surface area contributed by atoms with Gasteiger partial charge in [-0.25, -0.2) is 4.39 Å². The molecule has 0 heterocycles. The van der Waals surface area contributed by atoms with E-state index in [2.05, 4.69) is 15.8 Å². The van der Waals surface area contributed by atoms with Gasteiger partial charge in [-0.2, -0.15) is 5.10 Å². The third kappa shape index (κ3) is 3.16. The second kappa shape index (κ2) is 6.26. The summed E-state index contributed by atoms with van der Waals surface area (Å²) in [7, 11) is 0. The first-order chi connectivity index (χ1) is 11.5. The van der Waals surface area contributed by atoms with Gasteiger partial charge in [0.05, 0.1) is 11.2 Å². The first-order valence-electron chi connectivity index (χ1n) is 8.58. The SMILES string of the molecule is Fc1cccc(Cl)c1C=NNC(=S)NC12CC3CC(CC(C3)C1)C2. The van der Waals surface area contributed by atoms with Gasteiger partial charge >= 0.3 is 0 Å².